The van der Waals surface area contributed by atoms with Gasteiger partial charge in [-0.25, -0.2) is 4.79 Å². The Morgan fingerprint density at radius 1 is 1.42 bits per heavy atom. The largest absolute Gasteiger partial charge is 0.444 e. The number of hydrogen-bond donors (Lipinski definition) is 2. The monoisotopic (exact) mass is 289 g/mol. The van der Waals surface area contributed by atoms with Gasteiger partial charge in [0.2, 0.25) is 0 Å². The zero-order valence-electron chi connectivity index (χ0n) is 12.5. The number of thioether (sulfide) groups is 1. The van der Waals surface area contributed by atoms with E-state index in [1.165, 1.54) is 0 Å². The van der Waals surface area contributed by atoms with E-state index in [4.69, 9.17) is 4.74 Å². The maximum Gasteiger partial charge on any atom is 0.407 e. The molecule has 4 nitrogen and oxygen atoms in total. The molecule has 1 fully saturated rings. The van der Waals surface area contributed by atoms with Crippen molar-refractivity contribution in [3.63, 3.8) is 0 Å². The predicted molar refractivity (Wildman–Crippen MR) is 79.5 cm³/mol. The number of amides is 1. The van der Waals surface area contributed by atoms with E-state index < -0.39 is 11.7 Å². The van der Waals surface area contributed by atoms with E-state index in [0.717, 1.165) is 25.0 Å². The third kappa shape index (κ3) is 5.61. The summed E-state index contributed by atoms with van der Waals surface area (Å²) in [6.07, 6.45) is 4.92. The molecule has 112 valence electrons. The minimum absolute atomic E-state index is 0.133. The van der Waals surface area contributed by atoms with Gasteiger partial charge >= 0.3 is 6.09 Å². The zero-order valence-corrected chi connectivity index (χ0v) is 13.3. The smallest absolute Gasteiger partial charge is 0.407 e. The Kier molecular flexibility index (Phi) is 5.99. The van der Waals surface area contributed by atoms with Crippen molar-refractivity contribution in [2.45, 2.75) is 45.6 Å². The van der Waals surface area contributed by atoms with Crippen LogP contribution in [0.2, 0.25) is 0 Å². The normalized spacial score (nSPS) is 18.8. The summed E-state index contributed by atoms with van der Waals surface area (Å²) in [7, 11) is 0. The van der Waals surface area contributed by atoms with Gasteiger partial charge in [-0.05, 0) is 58.0 Å². The minimum atomic E-state index is -0.481. The highest BCUT2D eigenvalue weighted by Gasteiger charge is 2.44. The average molecular weight is 289 g/mol. The van der Waals surface area contributed by atoms with E-state index >= 15 is 0 Å². The number of hydrogen-bond acceptors (Lipinski definition) is 4. The molecule has 5 heteroatoms. The lowest BCUT2D eigenvalue weighted by Crippen LogP contribution is -2.43. The highest BCUT2D eigenvalue weighted by atomic mass is 32.2. The van der Waals surface area contributed by atoms with Gasteiger partial charge in [0.15, 0.2) is 0 Å². The van der Waals surface area contributed by atoms with Gasteiger partial charge in [-0.3, -0.25) is 0 Å². The molecule has 0 aliphatic heterocycles. The van der Waals surface area contributed by atoms with Gasteiger partial charge in [0.25, 0.3) is 0 Å². The first-order valence-electron chi connectivity index (χ1n) is 6.89. The maximum absolute atomic E-state index is 11.7. The van der Waals surface area contributed by atoms with Gasteiger partial charge in [-0.2, -0.15) is 11.8 Å². The molecule has 0 bridgehead atoms. The Morgan fingerprint density at radius 2 is 2.05 bits per heavy atom. The van der Waals surface area contributed by atoms with Gasteiger partial charge in [0.05, 0.1) is 6.61 Å². The van der Waals surface area contributed by atoms with Crippen LogP contribution in [0.1, 0.15) is 40.0 Å². The predicted octanol–water partition coefficient (Wildman–Crippen LogP) is 2.65. The number of carbonyl (C=O) groups is 1. The van der Waals surface area contributed by atoms with Crippen LogP contribution in [-0.2, 0) is 4.74 Å². The highest BCUT2D eigenvalue weighted by molar-refractivity contribution is 7.98. The number of rotatable bonds is 7. The third-order valence-corrected chi connectivity index (χ3v) is 4.16. The minimum Gasteiger partial charge on any atom is -0.444 e. The summed E-state index contributed by atoms with van der Waals surface area (Å²) < 4.78 is 5.25. The summed E-state index contributed by atoms with van der Waals surface area (Å²) in [6, 6.07) is 0. The van der Waals surface area contributed by atoms with Crippen LogP contribution < -0.4 is 5.32 Å². The Hall–Kier alpha value is -0.420. The van der Waals surface area contributed by atoms with Gasteiger partial charge in [0, 0.05) is 12.0 Å². The van der Waals surface area contributed by atoms with E-state index in [9.17, 15) is 9.90 Å². The van der Waals surface area contributed by atoms with Crippen molar-refractivity contribution in [3.8, 4) is 0 Å². The van der Waals surface area contributed by atoms with Crippen molar-refractivity contribution in [1.29, 1.82) is 0 Å². The van der Waals surface area contributed by atoms with Crippen molar-refractivity contribution in [2.75, 3.05) is 25.2 Å². The van der Waals surface area contributed by atoms with Crippen molar-refractivity contribution in [3.05, 3.63) is 0 Å². The molecular formula is C14H27NO3S. The van der Waals surface area contributed by atoms with Crippen LogP contribution in [0.4, 0.5) is 4.79 Å². The standard InChI is InChI=1S/C14H27NO3S/c1-13(2,3)18-12(17)15-9-14(10-16,7-8-19-4)11-5-6-11/h11,16H,5-10H2,1-4H3,(H,15,17). The molecule has 0 radical (unpaired) electrons. The Labute approximate surface area is 120 Å². The number of aliphatic hydroxyl groups is 1. The lowest BCUT2D eigenvalue weighted by molar-refractivity contribution is 0.0435. The van der Waals surface area contributed by atoms with Crippen molar-refractivity contribution in [2.24, 2.45) is 11.3 Å². The fourth-order valence-corrected chi connectivity index (χ4v) is 2.87. The molecule has 0 aromatic rings. The maximum atomic E-state index is 11.7. The summed E-state index contributed by atoms with van der Waals surface area (Å²) >= 11 is 1.78. The topological polar surface area (TPSA) is 58.6 Å². The van der Waals surface area contributed by atoms with Crippen molar-refractivity contribution >= 4 is 17.9 Å². The van der Waals surface area contributed by atoms with E-state index in [1.54, 1.807) is 11.8 Å². The molecule has 2 N–H and O–H groups in total. The number of carbonyl (C=O) groups excluding carboxylic acids is 1. The van der Waals surface area contributed by atoms with Crippen LogP contribution in [0, 0.1) is 11.3 Å². The summed E-state index contributed by atoms with van der Waals surface area (Å²) in [5.74, 6) is 1.55. The second kappa shape index (κ2) is 6.84. The SMILES string of the molecule is CSCCC(CO)(CNC(=O)OC(C)(C)C)C1CC1. The molecule has 1 saturated carbocycles. The first-order valence-corrected chi connectivity index (χ1v) is 8.29. The molecule has 0 aromatic heterocycles. The molecule has 1 amide bonds. The first kappa shape index (κ1) is 16.6. The molecule has 0 heterocycles. The molecule has 0 aromatic carbocycles. The second-order valence-electron chi connectivity index (χ2n) is 6.39. The quantitative estimate of drug-likeness (QED) is 0.756. The molecule has 0 saturated heterocycles. The van der Waals surface area contributed by atoms with Crippen molar-refractivity contribution in [1.82, 2.24) is 5.32 Å². The Balaban J connectivity index is 2.51. The third-order valence-electron chi connectivity index (χ3n) is 3.55. The van der Waals surface area contributed by atoms with Crippen LogP contribution in [0.5, 0.6) is 0 Å². The number of aliphatic hydroxyl groups excluding tert-OH is 1. The molecular weight excluding hydrogens is 262 g/mol. The van der Waals surface area contributed by atoms with E-state index in [-0.39, 0.29) is 12.0 Å². The van der Waals surface area contributed by atoms with Gasteiger partial charge < -0.3 is 15.2 Å². The fraction of sp³-hybridized carbons (Fsp3) is 0.929. The molecule has 1 aliphatic rings. The molecule has 1 aliphatic carbocycles. The first-order chi connectivity index (χ1) is 8.83. The van der Waals surface area contributed by atoms with Crippen molar-refractivity contribution < 1.29 is 14.6 Å². The fourth-order valence-electron chi connectivity index (χ4n) is 2.26. The number of ether oxygens (including phenoxy) is 1. The van der Waals surface area contributed by atoms with E-state index in [2.05, 4.69) is 11.6 Å². The van der Waals surface area contributed by atoms with Crippen LogP contribution in [0.15, 0.2) is 0 Å². The van der Waals surface area contributed by atoms with Crippen LogP contribution in [0.3, 0.4) is 0 Å². The van der Waals surface area contributed by atoms with Gasteiger partial charge in [-0.1, -0.05) is 0 Å². The summed E-state index contributed by atoms with van der Waals surface area (Å²) in [5.41, 5.74) is -0.648. The van der Waals surface area contributed by atoms with Gasteiger partial charge in [-0.15, -0.1) is 0 Å². The summed E-state index contributed by atoms with van der Waals surface area (Å²) in [4.78, 5) is 11.7. The Bertz CT molecular complexity index is 300. The molecule has 19 heavy (non-hydrogen) atoms. The lowest BCUT2D eigenvalue weighted by atomic mass is 9.80. The average Bonchev–Trinajstić information content (AvgIpc) is 3.12. The lowest BCUT2D eigenvalue weighted by Gasteiger charge is -2.32. The zero-order chi connectivity index (χ0) is 14.5. The molecule has 1 unspecified atom stereocenters. The summed E-state index contributed by atoms with van der Waals surface area (Å²) in [5, 5.41) is 12.6. The molecule has 1 atom stereocenters. The van der Waals surface area contributed by atoms with E-state index in [0.29, 0.717) is 12.5 Å². The second-order valence-corrected chi connectivity index (χ2v) is 7.38. The number of alkyl carbamates (subject to hydrolysis) is 1. The summed E-state index contributed by atoms with van der Waals surface area (Å²) in [6.45, 7) is 6.18. The van der Waals surface area contributed by atoms with Crippen LogP contribution >= 0.6 is 11.8 Å². The van der Waals surface area contributed by atoms with Crippen LogP contribution in [0.25, 0.3) is 0 Å². The van der Waals surface area contributed by atoms with E-state index in [1.807, 2.05) is 20.8 Å². The Morgan fingerprint density at radius 3 is 2.47 bits per heavy atom. The number of nitrogens with one attached hydrogen (secondary N) is 1. The molecule has 0 spiro atoms. The highest BCUT2D eigenvalue weighted by Crippen LogP contribution is 2.47. The van der Waals surface area contributed by atoms with Gasteiger partial charge in [0.1, 0.15) is 5.60 Å². The van der Waals surface area contributed by atoms with Crippen LogP contribution in [-0.4, -0.2) is 42.0 Å². The molecule has 1 rings (SSSR count).